The summed E-state index contributed by atoms with van der Waals surface area (Å²) in [5, 5.41) is 0. The Morgan fingerprint density at radius 3 is 2.29 bits per heavy atom. The van der Waals surface area contributed by atoms with Gasteiger partial charge in [-0.05, 0) is 13.8 Å². The molecule has 42 valence electrons. The lowest BCUT2D eigenvalue weighted by Gasteiger charge is -1.85. The molecule has 0 aliphatic rings. The Balaban J connectivity index is 3.08. The van der Waals surface area contributed by atoms with E-state index in [1.165, 1.54) is 0 Å². The van der Waals surface area contributed by atoms with Gasteiger partial charge in [-0.25, -0.2) is 0 Å². The van der Waals surface area contributed by atoms with Crippen LogP contribution in [0.3, 0.4) is 0 Å². The number of thiol groups is 1. The molecule has 0 aromatic heterocycles. The molecular formula is C5H11NS. The first-order valence-corrected chi connectivity index (χ1v) is 2.99. The maximum Gasteiger partial charge on any atom is 0.0476 e. The first kappa shape index (κ1) is 7.02. The van der Waals surface area contributed by atoms with Crippen LogP contribution < -0.4 is 0 Å². The number of aliphatic imine (C=N–C) groups is 1. The molecule has 0 aliphatic heterocycles. The average Bonchev–Trinajstić information content (AvgIpc) is 1.61. The molecule has 0 bridgehead atoms. The van der Waals surface area contributed by atoms with Crippen molar-refractivity contribution in [3.63, 3.8) is 0 Å². The monoisotopic (exact) mass is 117 g/mol. The van der Waals surface area contributed by atoms with E-state index in [-0.39, 0.29) is 0 Å². The third-order valence-corrected chi connectivity index (χ3v) is 0.728. The number of rotatable bonds is 2. The van der Waals surface area contributed by atoms with Gasteiger partial charge in [-0.1, -0.05) is 0 Å². The molecule has 0 aliphatic carbocycles. The molecule has 0 spiro atoms. The Hall–Kier alpha value is 0.0200. The highest BCUT2D eigenvalue weighted by Crippen LogP contribution is 1.77. The smallest absolute Gasteiger partial charge is 0.0476 e. The van der Waals surface area contributed by atoms with Crippen LogP contribution in [0.1, 0.15) is 13.8 Å². The van der Waals surface area contributed by atoms with Crippen molar-refractivity contribution in [2.24, 2.45) is 4.99 Å². The molecule has 7 heavy (non-hydrogen) atoms. The highest BCUT2D eigenvalue weighted by atomic mass is 32.1. The Morgan fingerprint density at radius 1 is 1.57 bits per heavy atom. The molecule has 0 aromatic rings. The molecule has 0 rings (SSSR count). The summed E-state index contributed by atoms with van der Waals surface area (Å²) in [6.45, 7) is 4.83. The third kappa shape index (κ3) is 6.02. The minimum Gasteiger partial charge on any atom is -0.294 e. The maximum absolute atomic E-state index is 4.08. The van der Waals surface area contributed by atoms with Gasteiger partial charge in [-0.3, -0.25) is 4.99 Å². The largest absolute Gasteiger partial charge is 0.294 e. The summed E-state index contributed by atoms with van der Waals surface area (Å²) < 4.78 is 0. The van der Waals surface area contributed by atoms with E-state index in [0.29, 0.717) is 0 Å². The second-order valence-electron chi connectivity index (χ2n) is 1.55. The van der Waals surface area contributed by atoms with Gasteiger partial charge in [-0.2, -0.15) is 12.6 Å². The van der Waals surface area contributed by atoms with E-state index < -0.39 is 0 Å². The molecule has 0 fully saturated rings. The Morgan fingerprint density at radius 2 is 2.14 bits per heavy atom. The van der Waals surface area contributed by atoms with Gasteiger partial charge in [0.15, 0.2) is 0 Å². The van der Waals surface area contributed by atoms with Gasteiger partial charge in [0.1, 0.15) is 0 Å². The van der Waals surface area contributed by atoms with Crippen LogP contribution in [0.4, 0.5) is 0 Å². The summed E-state index contributed by atoms with van der Waals surface area (Å²) in [6.07, 6.45) is 0. The second-order valence-corrected chi connectivity index (χ2v) is 2.00. The van der Waals surface area contributed by atoms with Crippen LogP contribution in [0.5, 0.6) is 0 Å². The van der Waals surface area contributed by atoms with Crippen molar-refractivity contribution in [2.75, 3.05) is 12.3 Å². The van der Waals surface area contributed by atoms with Crippen LogP contribution in [-0.2, 0) is 0 Å². The second kappa shape index (κ2) is 4.19. The molecule has 0 heterocycles. The summed E-state index contributed by atoms with van der Waals surface area (Å²) in [6, 6.07) is 0. The predicted molar refractivity (Wildman–Crippen MR) is 37.5 cm³/mol. The molecule has 0 amide bonds. The minimum absolute atomic E-state index is 0.852. The molecule has 0 aromatic carbocycles. The molecule has 0 atom stereocenters. The highest BCUT2D eigenvalue weighted by Gasteiger charge is 1.74. The Labute approximate surface area is 50.2 Å². The van der Waals surface area contributed by atoms with Gasteiger partial charge in [0.25, 0.3) is 0 Å². The van der Waals surface area contributed by atoms with E-state index in [2.05, 4.69) is 17.6 Å². The average molecular weight is 117 g/mol. The number of hydrogen-bond acceptors (Lipinski definition) is 2. The van der Waals surface area contributed by atoms with Gasteiger partial charge in [0, 0.05) is 18.0 Å². The number of hydrogen-bond donors (Lipinski definition) is 1. The Kier molecular flexibility index (Phi) is 4.20. The fourth-order valence-electron chi connectivity index (χ4n) is 0.274. The predicted octanol–water partition coefficient (Wildman–Crippen LogP) is 1.40. The summed E-state index contributed by atoms with van der Waals surface area (Å²) in [7, 11) is 0. The molecule has 0 saturated heterocycles. The SMILES string of the molecule is CC(C)=NCCS. The zero-order valence-corrected chi connectivity index (χ0v) is 5.70. The zero-order valence-electron chi connectivity index (χ0n) is 4.81. The molecule has 0 N–H and O–H groups in total. The van der Waals surface area contributed by atoms with E-state index in [9.17, 15) is 0 Å². The van der Waals surface area contributed by atoms with Crippen molar-refractivity contribution in [3.05, 3.63) is 0 Å². The lowest BCUT2D eigenvalue weighted by Crippen LogP contribution is -1.85. The van der Waals surface area contributed by atoms with Gasteiger partial charge >= 0.3 is 0 Å². The van der Waals surface area contributed by atoms with E-state index in [0.717, 1.165) is 18.0 Å². The van der Waals surface area contributed by atoms with Gasteiger partial charge in [0.2, 0.25) is 0 Å². The van der Waals surface area contributed by atoms with E-state index in [4.69, 9.17) is 0 Å². The summed E-state index contributed by atoms with van der Waals surface area (Å²) >= 11 is 3.99. The van der Waals surface area contributed by atoms with Crippen LogP contribution in [0.15, 0.2) is 4.99 Å². The van der Waals surface area contributed by atoms with Crippen LogP contribution in [-0.4, -0.2) is 18.0 Å². The van der Waals surface area contributed by atoms with E-state index >= 15 is 0 Å². The van der Waals surface area contributed by atoms with Crippen molar-refractivity contribution in [3.8, 4) is 0 Å². The molecule has 0 saturated carbocycles. The summed E-state index contributed by atoms with van der Waals surface area (Å²) in [4.78, 5) is 4.08. The highest BCUT2D eigenvalue weighted by molar-refractivity contribution is 7.80. The van der Waals surface area contributed by atoms with Crippen molar-refractivity contribution in [2.45, 2.75) is 13.8 Å². The Bertz CT molecular complexity index is 64.5. The lowest BCUT2D eigenvalue weighted by atomic mass is 10.5. The maximum atomic E-state index is 4.08. The minimum atomic E-state index is 0.852. The molecule has 2 heteroatoms. The normalized spacial score (nSPS) is 8.43. The zero-order chi connectivity index (χ0) is 5.70. The molecular weight excluding hydrogens is 106 g/mol. The fraction of sp³-hybridized carbons (Fsp3) is 0.800. The van der Waals surface area contributed by atoms with Crippen LogP contribution in [0, 0.1) is 0 Å². The van der Waals surface area contributed by atoms with E-state index in [1.807, 2.05) is 13.8 Å². The van der Waals surface area contributed by atoms with Crippen LogP contribution in [0.2, 0.25) is 0 Å². The van der Waals surface area contributed by atoms with Gasteiger partial charge in [0.05, 0.1) is 0 Å². The molecule has 0 unspecified atom stereocenters. The van der Waals surface area contributed by atoms with E-state index in [1.54, 1.807) is 0 Å². The quantitative estimate of drug-likeness (QED) is 0.414. The molecule has 0 radical (unpaired) electrons. The summed E-state index contributed by atoms with van der Waals surface area (Å²) in [5.74, 6) is 0.852. The topological polar surface area (TPSA) is 12.4 Å². The first-order chi connectivity index (χ1) is 3.27. The van der Waals surface area contributed by atoms with Crippen molar-refractivity contribution in [1.82, 2.24) is 0 Å². The van der Waals surface area contributed by atoms with Crippen LogP contribution in [0.25, 0.3) is 0 Å². The molecule has 1 nitrogen and oxygen atoms in total. The standard InChI is InChI=1S/C5H11NS/c1-5(2)6-3-4-7/h7H,3-4H2,1-2H3. The van der Waals surface area contributed by atoms with Crippen molar-refractivity contribution in [1.29, 1.82) is 0 Å². The third-order valence-electron chi connectivity index (χ3n) is 0.528. The van der Waals surface area contributed by atoms with Crippen molar-refractivity contribution < 1.29 is 0 Å². The number of nitrogens with zero attached hydrogens (tertiary/aromatic N) is 1. The van der Waals surface area contributed by atoms with Gasteiger partial charge in [-0.15, -0.1) is 0 Å². The van der Waals surface area contributed by atoms with Crippen molar-refractivity contribution >= 4 is 18.3 Å². The lowest BCUT2D eigenvalue weighted by molar-refractivity contribution is 1.14. The first-order valence-electron chi connectivity index (χ1n) is 2.36. The van der Waals surface area contributed by atoms with Gasteiger partial charge < -0.3 is 0 Å². The summed E-state index contributed by atoms with van der Waals surface area (Å²) in [5.41, 5.74) is 1.13. The van der Waals surface area contributed by atoms with Crippen LogP contribution >= 0.6 is 12.6 Å². The fourth-order valence-corrected chi connectivity index (χ4v) is 0.374.